The summed E-state index contributed by atoms with van der Waals surface area (Å²) in [6.07, 6.45) is -0.0940. The lowest BCUT2D eigenvalue weighted by molar-refractivity contribution is -0.117. The van der Waals surface area contributed by atoms with Gasteiger partial charge in [-0.1, -0.05) is 6.07 Å². The number of amides is 1. The monoisotopic (exact) mass is 304 g/mol. The van der Waals surface area contributed by atoms with E-state index in [2.05, 4.69) is 0 Å². The Bertz CT molecular complexity index is 661. The van der Waals surface area contributed by atoms with Gasteiger partial charge >= 0.3 is 0 Å². The van der Waals surface area contributed by atoms with Crippen molar-refractivity contribution in [2.75, 3.05) is 17.2 Å². The Kier molecular flexibility index (Phi) is 3.79. The molecule has 1 heterocycles. The summed E-state index contributed by atoms with van der Waals surface area (Å²) in [5.74, 6) is -3.12. The van der Waals surface area contributed by atoms with Gasteiger partial charge in [0, 0.05) is 18.9 Å². The third-order valence-corrected chi connectivity index (χ3v) is 4.14. The van der Waals surface area contributed by atoms with Crippen LogP contribution in [0.3, 0.4) is 0 Å². The van der Waals surface area contributed by atoms with Crippen LogP contribution in [0, 0.1) is 24.5 Å². The molecule has 20 heavy (non-hydrogen) atoms. The van der Waals surface area contributed by atoms with Crippen LogP contribution in [0.5, 0.6) is 0 Å². The van der Waals surface area contributed by atoms with Gasteiger partial charge in [0.25, 0.3) is 0 Å². The summed E-state index contributed by atoms with van der Waals surface area (Å²) in [7, 11) is -3.73. The predicted molar refractivity (Wildman–Crippen MR) is 69.5 cm³/mol. The summed E-state index contributed by atoms with van der Waals surface area (Å²) in [5.41, 5.74) is -0.212. The van der Waals surface area contributed by atoms with Crippen LogP contribution < -0.4 is 10.0 Å². The first-order chi connectivity index (χ1) is 9.19. The predicted octanol–water partition coefficient (Wildman–Crippen LogP) is 0.915. The van der Waals surface area contributed by atoms with Gasteiger partial charge in [0.05, 0.1) is 5.75 Å². The van der Waals surface area contributed by atoms with Crippen molar-refractivity contribution in [2.45, 2.75) is 13.3 Å². The standard InChI is InChI=1S/C12H14F2N2O3S/c1-7-2-3-9(13)12(11(7)14)16-5-8(4-10(16)17)6-20(15,18)19/h2-3,8H,4-6H2,1H3,(H2,15,18,19). The van der Waals surface area contributed by atoms with Crippen molar-refractivity contribution in [3.05, 3.63) is 29.3 Å². The number of nitrogens with two attached hydrogens (primary N) is 1. The molecule has 110 valence electrons. The minimum absolute atomic E-state index is 0.0629. The molecular formula is C12H14F2N2O3S. The fourth-order valence-electron chi connectivity index (χ4n) is 2.33. The number of carbonyl (C=O) groups is 1. The molecule has 0 bridgehead atoms. The summed E-state index contributed by atoms with van der Waals surface area (Å²) in [6.45, 7) is 1.40. The van der Waals surface area contributed by atoms with Crippen molar-refractivity contribution in [3.63, 3.8) is 0 Å². The molecule has 5 nitrogen and oxygen atoms in total. The highest BCUT2D eigenvalue weighted by atomic mass is 32.2. The normalized spacial score (nSPS) is 19.7. The van der Waals surface area contributed by atoms with Crippen LogP contribution in [0.15, 0.2) is 12.1 Å². The van der Waals surface area contributed by atoms with E-state index >= 15 is 0 Å². The van der Waals surface area contributed by atoms with Gasteiger partial charge in [0.2, 0.25) is 15.9 Å². The summed E-state index contributed by atoms with van der Waals surface area (Å²) in [5, 5.41) is 4.92. The topological polar surface area (TPSA) is 80.5 Å². The number of halogens is 2. The number of sulfonamides is 1. The zero-order valence-corrected chi connectivity index (χ0v) is 11.6. The molecule has 1 atom stereocenters. The highest BCUT2D eigenvalue weighted by Gasteiger charge is 2.35. The Hall–Kier alpha value is -1.54. The van der Waals surface area contributed by atoms with Gasteiger partial charge in [-0.05, 0) is 18.6 Å². The van der Waals surface area contributed by atoms with E-state index in [0.717, 1.165) is 11.0 Å². The Labute approximate surface area is 115 Å². The van der Waals surface area contributed by atoms with Crippen LogP contribution >= 0.6 is 0 Å². The molecule has 1 aromatic carbocycles. The van der Waals surface area contributed by atoms with Gasteiger partial charge in [0.1, 0.15) is 11.5 Å². The fraction of sp³-hybridized carbons (Fsp3) is 0.417. The summed E-state index contributed by atoms with van der Waals surface area (Å²) < 4.78 is 49.8. The van der Waals surface area contributed by atoms with Crippen LogP contribution in [0.25, 0.3) is 0 Å². The quantitative estimate of drug-likeness (QED) is 0.901. The molecule has 1 fully saturated rings. The third-order valence-electron chi connectivity index (χ3n) is 3.20. The molecule has 0 spiro atoms. The Morgan fingerprint density at radius 2 is 2.05 bits per heavy atom. The minimum Gasteiger partial charge on any atom is -0.307 e. The van der Waals surface area contributed by atoms with Crippen LogP contribution in [0.1, 0.15) is 12.0 Å². The first-order valence-electron chi connectivity index (χ1n) is 5.94. The van der Waals surface area contributed by atoms with E-state index in [9.17, 15) is 22.0 Å². The number of hydrogen-bond donors (Lipinski definition) is 1. The maximum Gasteiger partial charge on any atom is 0.227 e. The molecule has 0 aromatic heterocycles. The lowest BCUT2D eigenvalue weighted by Crippen LogP contribution is -2.29. The average molecular weight is 304 g/mol. The van der Waals surface area contributed by atoms with Crippen molar-refractivity contribution >= 4 is 21.6 Å². The first-order valence-corrected chi connectivity index (χ1v) is 7.66. The second kappa shape index (κ2) is 5.10. The molecule has 2 rings (SSSR count). The van der Waals surface area contributed by atoms with E-state index in [1.165, 1.54) is 13.0 Å². The largest absolute Gasteiger partial charge is 0.307 e. The van der Waals surface area contributed by atoms with Gasteiger partial charge in [-0.15, -0.1) is 0 Å². The van der Waals surface area contributed by atoms with E-state index in [-0.39, 0.29) is 24.3 Å². The van der Waals surface area contributed by atoms with Gasteiger partial charge in [0.15, 0.2) is 5.82 Å². The summed E-state index contributed by atoms with van der Waals surface area (Å²) in [4.78, 5) is 12.8. The molecule has 0 radical (unpaired) electrons. The average Bonchev–Trinajstić information content (AvgIpc) is 2.63. The van der Waals surface area contributed by atoms with E-state index in [1.807, 2.05) is 0 Å². The lowest BCUT2D eigenvalue weighted by atomic mass is 10.1. The summed E-state index contributed by atoms with van der Waals surface area (Å²) in [6, 6.07) is 2.35. The second-order valence-corrected chi connectivity index (χ2v) is 6.59. The molecule has 1 amide bonds. The molecule has 1 aliphatic rings. The van der Waals surface area contributed by atoms with Crippen LogP contribution in [-0.4, -0.2) is 26.6 Å². The molecule has 0 aliphatic carbocycles. The number of rotatable bonds is 3. The van der Waals surface area contributed by atoms with E-state index in [1.54, 1.807) is 0 Å². The number of aryl methyl sites for hydroxylation is 1. The fourth-order valence-corrected chi connectivity index (χ4v) is 3.21. The van der Waals surface area contributed by atoms with Gasteiger partial charge in [-0.3, -0.25) is 4.79 Å². The number of hydrogen-bond acceptors (Lipinski definition) is 3. The van der Waals surface area contributed by atoms with Gasteiger partial charge in [-0.25, -0.2) is 22.3 Å². The van der Waals surface area contributed by atoms with Crippen molar-refractivity contribution in [2.24, 2.45) is 11.1 Å². The number of nitrogens with zero attached hydrogens (tertiary/aromatic N) is 1. The number of benzene rings is 1. The Morgan fingerprint density at radius 1 is 1.40 bits per heavy atom. The van der Waals surface area contributed by atoms with Crippen LogP contribution in [0.2, 0.25) is 0 Å². The highest BCUT2D eigenvalue weighted by Crippen LogP contribution is 2.31. The van der Waals surface area contributed by atoms with Gasteiger partial charge in [-0.2, -0.15) is 0 Å². The molecule has 8 heteroatoms. The second-order valence-electron chi connectivity index (χ2n) is 4.93. The maximum atomic E-state index is 14.0. The van der Waals surface area contributed by atoms with E-state index in [4.69, 9.17) is 5.14 Å². The molecule has 1 saturated heterocycles. The molecule has 2 N–H and O–H groups in total. The molecular weight excluding hydrogens is 290 g/mol. The maximum absolute atomic E-state index is 14.0. The zero-order valence-electron chi connectivity index (χ0n) is 10.8. The van der Waals surface area contributed by atoms with Crippen LogP contribution in [0.4, 0.5) is 14.5 Å². The first kappa shape index (κ1) is 14.9. The number of carbonyl (C=O) groups excluding carboxylic acids is 1. The Morgan fingerprint density at radius 3 is 2.65 bits per heavy atom. The smallest absolute Gasteiger partial charge is 0.227 e. The van der Waals surface area contributed by atoms with Gasteiger partial charge < -0.3 is 4.90 Å². The number of anilines is 1. The molecule has 0 saturated carbocycles. The zero-order chi connectivity index (χ0) is 15.1. The Balaban J connectivity index is 2.31. The van der Waals surface area contributed by atoms with E-state index in [0.29, 0.717) is 0 Å². The van der Waals surface area contributed by atoms with Crippen LogP contribution in [-0.2, 0) is 14.8 Å². The molecule has 1 aliphatic heterocycles. The number of primary sulfonamides is 1. The molecule has 1 aromatic rings. The SMILES string of the molecule is Cc1ccc(F)c(N2CC(CS(N)(=O)=O)CC2=O)c1F. The van der Waals surface area contributed by atoms with Crippen molar-refractivity contribution in [3.8, 4) is 0 Å². The highest BCUT2D eigenvalue weighted by molar-refractivity contribution is 7.89. The lowest BCUT2D eigenvalue weighted by Gasteiger charge is -2.19. The minimum atomic E-state index is -3.73. The van der Waals surface area contributed by atoms with Crippen molar-refractivity contribution in [1.82, 2.24) is 0 Å². The van der Waals surface area contributed by atoms with Crippen molar-refractivity contribution in [1.29, 1.82) is 0 Å². The third kappa shape index (κ3) is 2.96. The molecule has 1 unspecified atom stereocenters. The van der Waals surface area contributed by atoms with E-state index < -0.39 is 39.2 Å². The van der Waals surface area contributed by atoms with Crippen molar-refractivity contribution < 1.29 is 22.0 Å². The summed E-state index contributed by atoms with van der Waals surface area (Å²) >= 11 is 0.